The third kappa shape index (κ3) is 4.35. The van der Waals surface area contributed by atoms with Crippen LogP contribution in [0.25, 0.3) is 22.0 Å². The van der Waals surface area contributed by atoms with Crippen molar-refractivity contribution in [1.82, 2.24) is 4.57 Å². The van der Waals surface area contributed by atoms with E-state index in [1.165, 1.54) is 5.56 Å². The third-order valence-electron chi connectivity index (χ3n) is 6.06. The standard InChI is InChI=1S/C30H24ClNO2/c1-20-11-12-23(21(2)17-20)19-32-29(18-27-26(30(32)33)9-6-10-28(27)31)22-13-15-25(16-14-22)34-24-7-4-3-5-8-24/h3-18H,19H2,1-2H3. The van der Waals surface area contributed by atoms with Crippen molar-refractivity contribution in [3.05, 3.63) is 129 Å². The van der Waals surface area contributed by atoms with Crippen molar-refractivity contribution in [1.29, 1.82) is 0 Å². The second kappa shape index (κ2) is 9.20. The van der Waals surface area contributed by atoms with E-state index in [0.29, 0.717) is 17.0 Å². The lowest BCUT2D eigenvalue weighted by atomic mass is 10.0. The molecule has 0 unspecified atom stereocenters. The van der Waals surface area contributed by atoms with Gasteiger partial charge in [0.2, 0.25) is 0 Å². The first-order valence-electron chi connectivity index (χ1n) is 11.2. The van der Waals surface area contributed by atoms with Crippen molar-refractivity contribution in [2.45, 2.75) is 20.4 Å². The molecule has 0 aliphatic carbocycles. The average molecular weight is 466 g/mol. The lowest BCUT2D eigenvalue weighted by molar-refractivity contribution is 0.483. The highest BCUT2D eigenvalue weighted by Gasteiger charge is 2.14. The molecule has 1 heterocycles. The molecule has 0 bridgehead atoms. The van der Waals surface area contributed by atoms with Crippen LogP contribution < -0.4 is 10.3 Å². The van der Waals surface area contributed by atoms with Gasteiger partial charge in [-0.25, -0.2) is 0 Å². The summed E-state index contributed by atoms with van der Waals surface area (Å²) in [5.41, 5.74) is 5.16. The number of para-hydroxylation sites is 1. The van der Waals surface area contributed by atoms with E-state index in [9.17, 15) is 4.79 Å². The molecule has 4 heteroatoms. The van der Waals surface area contributed by atoms with Gasteiger partial charge in [0.25, 0.3) is 5.56 Å². The quantitative estimate of drug-likeness (QED) is 0.265. The van der Waals surface area contributed by atoms with E-state index in [4.69, 9.17) is 16.3 Å². The second-order valence-corrected chi connectivity index (χ2v) is 8.90. The second-order valence-electron chi connectivity index (χ2n) is 8.49. The monoisotopic (exact) mass is 465 g/mol. The molecule has 1 aromatic heterocycles. The fourth-order valence-corrected chi connectivity index (χ4v) is 4.48. The van der Waals surface area contributed by atoms with Gasteiger partial charge in [-0.05, 0) is 85.1 Å². The maximum Gasteiger partial charge on any atom is 0.259 e. The molecule has 0 N–H and O–H groups in total. The summed E-state index contributed by atoms with van der Waals surface area (Å²) in [6.45, 7) is 4.64. The van der Waals surface area contributed by atoms with Gasteiger partial charge in [-0.3, -0.25) is 4.79 Å². The number of pyridine rings is 1. The summed E-state index contributed by atoms with van der Waals surface area (Å²) >= 11 is 6.49. The van der Waals surface area contributed by atoms with Crippen LogP contribution in [0.4, 0.5) is 0 Å². The molecule has 4 aromatic carbocycles. The molecule has 0 aliphatic heterocycles. The van der Waals surface area contributed by atoms with Crippen LogP contribution in [0.3, 0.4) is 0 Å². The van der Waals surface area contributed by atoms with E-state index in [0.717, 1.165) is 39.3 Å². The van der Waals surface area contributed by atoms with Crippen LogP contribution in [0.1, 0.15) is 16.7 Å². The molecule has 0 saturated heterocycles. The molecule has 0 atom stereocenters. The Balaban J connectivity index is 1.62. The Hall–Kier alpha value is -3.82. The van der Waals surface area contributed by atoms with Crippen LogP contribution in [0, 0.1) is 13.8 Å². The highest BCUT2D eigenvalue weighted by Crippen LogP contribution is 2.30. The van der Waals surface area contributed by atoms with E-state index in [-0.39, 0.29) is 5.56 Å². The maximum absolute atomic E-state index is 13.6. The lowest BCUT2D eigenvalue weighted by Crippen LogP contribution is -2.23. The summed E-state index contributed by atoms with van der Waals surface area (Å²) < 4.78 is 7.78. The average Bonchev–Trinajstić information content (AvgIpc) is 2.84. The van der Waals surface area contributed by atoms with Crippen LogP contribution in [-0.4, -0.2) is 4.57 Å². The van der Waals surface area contributed by atoms with E-state index in [1.54, 1.807) is 0 Å². The molecule has 0 radical (unpaired) electrons. The minimum Gasteiger partial charge on any atom is -0.457 e. The SMILES string of the molecule is Cc1ccc(Cn2c(-c3ccc(Oc4ccccc4)cc3)cc3c(Cl)cccc3c2=O)c(C)c1. The summed E-state index contributed by atoms with van der Waals surface area (Å²) in [7, 11) is 0. The van der Waals surface area contributed by atoms with Crippen molar-refractivity contribution < 1.29 is 4.74 Å². The minimum atomic E-state index is -0.0559. The first-order valence-corrected chi connectivity index (χ1v) is 11.6. The van der Waals surface area contributed by atoms with E-state index in [1.807, 2.05) is 83.4 Å². The summed E-state index contributed by atoms with van der Waals surface area (Å²) in [6, 6.07) is 31.3. The van der Waals surface area contributed by atoms with Gasteiger partial charge in [0, 0.05) is 15.8 Å². The zero-order valence-electron chi connectivity index (χ0n) is 19.1. The number of hydrogen-bond acceptors (Lipinski definition) is 2. The Morgan fingerprint density at radius 2 is 1.50 bits per heavy atom. The summed E-state index contributed by atoms with van der Waals surface area (Å²) in [6.07, 6.45) is 0. The molecule has 5 rings (SSSR count). The van der Waals surface area contributed by atoms with Gasteiger partial charge in [-0.1, -0.05) is 59.6 Å². The predicted octanol–water partition coefficient (Wildman–Crippen LogP) is 7.78. The molecular formula is C30H24ClNO2. The predicted molar refractivity (Wildman–Crippen MR) is 140 cm³/mol. The first kappa shape index (κ1) is 22.0. The normalized spacial score (nSPS) is 11.0. The number of rotatable bonds is 5. The number of ether oxygens (including phenoxy) is 1. The van der Waals surface area contributed by atoms with Crippen molar-refractivity contribution >= 4 is 22.4 Å². The largest absolute Gasteiger partial charge is 0.457 e. The number of aromatic nitrogens is 1. The lowest BCUT2D eigenvalue weighted by Gasteiger charge is -2.17. The van der Waals surface area contributed by atoms with E-state index in [2.05, 4.69) is 32.0 Å². The molecule has 168 valence electrons. The molecule has 0 aliphatic rings. The van der Waals surface area contributed by atoms with E-state index < -0.39 is 0 Å². The van der Waals surface area contributed by atoms with Crippen LogP contribution in [0.5, 0.6) is 11.5 Å². The van der Waals surface area contributed by atoms with Gasteiger partial charge < -0.3 is 9.30 Å². The molecule has 0 spiro atoms. The zero-order valence-corrected chi connectivity index (χ0v) is 19.8. The fraction of sp³-hybridized carbons (Fsp3) is 0.100. The van der Waals surface area contributed by atoms with Gasteiger partial charge in [-0.2, -0.15) is 0 Å². The van der Waals surface area contributed by atoms with Crippen molar-refractivity contribution in [3.63, 3.8) is 0 Å². The highest BCUT2D eigenvalue weighted by molar-refractivity contribution is 6.35. The highest BCUT2D eigenvalue weighted by atomic mass is 35.5. The Morgan fingerprint density at radius 1 is 0.765 bits per heavy atom. The van der Waals surface area contributed by atoms with Crippen LogP contribution >= 0.6 is 11.6 Å². The van der Waals surface area contributed by atoms with Crippen molar-refractivity contribution in [3.8, 4) is 22.8 Å². The number of halogens is 1. The Labute approximate surface area is 203 Å². The fourth-order valence-electron chi connectivity index (χ4n) is 4.25. The van der Waals surface area contributed by atoms with Gasteiger partial charge >= 0.3 is 0 Å². The number of aryl methyl sites for hydroxylation is 2. The smallest absolute Gasteiger partial charge is 0.259 e. The van der Waals surface area contributed by atoms with Crippen LogP contribution in [0.2, 0.25) is 5.02 Å². The summed E-state index contributed by atoms with van der Waals surface area (Å²) in [5.74, 6) is 1.51. The number of hydrogen-bond donors (Lipinski definition) is 0. The summed E-state index contributed by atoms with van der Waals surface area (Å²) in [5, 5.41) is 1.94. The maximum atomic E-state index is 13.6. The summed E-state index contributed by atoms with van der Waals surface area (Å²) in [4.78, 5) is 13.6. The van der Waals surface area contributed by atoms with E-state index >= 15 is 0 Å². The van der Waals surface area contributed by atoms with Crippen molar-refractivity contribution in [2.24, 2.45) is 0 Å². The Morgan fingerprint density at radius 3 is 2.24 bits per heavy atom. The first-order chi connectivity index (χ1) is 16.5. The topological polar surface area (TPSA) is 31.2 Å². The minimum absolute atomic E-state index is 0.0559. The Bertz CT molecular complexity index is 1540. The Kier molecular flexibility index (Phi) is 5.95. The van der Waals surface area contributed by atoms with Gasteiger partial charge in [-0.15, -0.1) is 0 Å². The third-order valence-corrected chi connectivity index (χ3v) is 6.39. The number of nitrogens with zero attached hydrogens (tertiary/aromatic N) is 1. The van der Waals surface area contributed by atoms with Crippen LogP contribution in [-0.2, 0) is 6.54 Å². The van der Waals surface area contributed by atoms with Crippen LogP contribution in [0.15, 0.2) is 102 Å². The molecule has 5 aromatic rings. The molecule has 0 saturated carbocycles. The van der Waals surface area contributed by atoms with Gasteiger partial charge in [0.05, 0.1) is 12.2 Å². The van der Waals surface area contributed by atoms with Gasteiger partial charge in [0.1, 0.15) is 11.5 Å². The molecule has 34 heavy (non-hydrogen) atoms. The number of benzene rings is 4. The molecule has 3 nitrogen and oxygen atoms in total. The van der Waals surface area contributed by atoms with Gasteiger partial charge in [0.15, 0.2) is 0 Å². The van der Waals surface area contributed by atoms with Crippen molar-refractivity contribution in [2.75, 3.05) is 0 Å². The zero-order chi connectivity index (χ0) is 23.7. The molecule has 0 fully saturated rings. The molecule has 0 amide bonds. The molecular weight excluding hydrogens is 442 g/mol. The number of fused-ring (bicyclic) bond motifs is 1.